The molecule has 1 N–H and O–H groups in total. The molecule has 1 spiro atoms. The highest BCUT2D eigenvalue weighted by molar-refractivity contribution is 6.34. The average molecular weight is 559 g/mol. The molecule has 3 aliphatic heterocycles. The molecule has 3 unspecified atom stereocenters. The number of para-hydroxylation sites is 1. The number of allylic oxidation sites excluding steroid dienone is 1. The number of hydrogen-bond acceptors (Lipinski definition) is 6. The normalized spacial score (nSPS) is 31.6. The number of likely N-dealkylation sites (tertiary alicyclic amines) is 1. The third-order valence-corrected chi connectivity index (χ3v) is 9.15. The van der Waals surface area contributed by atoms with E-state index in [-0.39, 0.29) is 37.5 Å². The van der Waals surface area contributed by atoms with Gasteiger partial charge in [-0.05, 0) is 50.7 Å². The second-order valence-electron chi connectivity index (χ2n) is 11.0. The first-order valence-corrected chi connectivity index (χ1v) is 14.1. The van der Waals surface area contributed by atoms with E-state index >= 15 is 0 Å². The molecule has 0 saturated carbocycles. The van der Waals surface area contributed by atoms with E-state index in [1.54, 1.807) is 36.4 Å². The molecule has 7 atom stereocenters. The number of halogens is 1. The van der Waals surface area contributed by atoms with Gasteiger partial charge in [0.1, 0.15) is 17.6 Å². The van der Waals surface area contributed by atoms with Crippen molar-refractivity contribution in [1.82, 2.24) is 4.90 Å². The molecule has 8 nitrogen and oxygen atoms in total. The zero-order chi connectivity index (χ0) is 28.5. The van der Waals surface area contributed by atoms with E-state index in [0.29, 0.717) is 36.4 Å². The quantitative estimate of drug-likeness (QED) is 0.235. The summed E-state index contributed by atoms with van der Waals surface area (Å²) >= 11 is 6.51. The van der Waals surface area contributed by atoms with Crippen LogP contribution in [0, 0.1) is 17.8 Å². The summed E-state index contributed by atoms with van der Waals surface area (Å²) in [6.45, 7) is 13.2. The van der Waals surface area contributed by atoms with Crippen LogP contribution in [0.5, 0.6) is 0 Å². The highest BCUT2D eigenvalue weighted by Gasteiger charge is 2.80. The van der Waals surface area contributed by atoms with Crippen molar-refractivity contribution in [3.8, 4) is 0 Å². The van der Waals surface area contributed by atoms with Crippen LogP contribution in [0.25, 0.3) is 0 Å². The number of carbonyl (C=O) groups excluding carboxylic acids is 3. The van der Waals surface area contributed by atoms with Gasteiger partial charge < -0.3 is 24.4 Å². The van der Waals surface area contributed by atoms with E-state index in [4.69, 9.17) is 21.1 Å². The van der Waals surface area contributed by atoms with Crippen molar-refractivity contribution >= 4 is 35.1 Å². The van der Waals surface area contributed by atoms with Gasteiger partial charge in [-0.15, -0.1) is 13.2 Å². The topological polar surface area (TPSA) is 96.4 Å². The zero-order valence-electron chi connectivity index (χ0n) is 23.0. The maximum Gasteiger partial charge on any atom is 0.312 e. The van der Waals surface area contributed by atoms with Gasteiger partial charge in [-0.2, -0.15) is 0 Å². The molecule has 4 rings (SSSR count). The van der Waals surface area contributed by atoms with Gasteiger partial charge in [-0.3, -0.25) is 14.4 Å². The van der Waals surface area contributed by atoms with Crippen LogP contribution in [0.1, 0.15) is 46.5 Å². The smallest absolute Gasteiger partial charge is 0.312 e. The Balaban J connectivity index is 1.82. The van der Waals surface area contributed by atoms with Gasteiger partial charge >= 0.3 is 5.97 Å². The third kappa shape index (κ3) is 4.60. The number of carbonyl (C=O) groups is 3. The molecule has 0 aromatic heterocycles. The number of unbranched alkanes of at least 4 members (excludes halogenated alkanes) is 1. The predicted molar refractivity (Wildman–Crippen MR) is 149 cm³/mol. The van der Waals surface area contributed by atoms with Gasteiger partial charge in [0.25, 0.3) is 5.91 Å². The van der Waals surface area contributed by atoms with Gasteiger partial charge in [0.2, 0.25) is 5.91 Å². The van der Waals surface area contributed by atoms with Crippen LogP contribution < -0.4 is 4.90 Å². The molecule has 212 valence electrons. The van der Waals surface area contributed by atoms with Gasteiger partial charge in [-0.25, -0.2) is 0 Å². The minimum atomic E-state index is -1.25. The fraction of sp³-hybridized carbons (Fsp3) is 0.567. The van der Waals surface area contributed by atoms with Crippen LogP contribution in [-0.4, -0.2) is 70.8 Å². The minimum absolute atomic E-state index is 0.120. The lowest BCUT2D eigenvalue weighted by Crippen LogP contribution is -2.59. The molecule has 2 bridgehead atoms. The SMILES string of the molecule is C=CCCCOC(=O)[C@@H]1[C@H]2C(=O)N([C@@H](CC)CO)C(C(=O)N(CC=C)c3ccccc3Cl)C23CC(C)[C@@]1(C)O3. The molecule has 3 aliphatic rings. The largest absolute Gasteiger partial charge is 0.465 e. The molecule has 3 fully saturated rings. The number of nitrogens with zero attached hydrogens (tertiary/aromatic N) is 2. The number of esters is 1. The Morgan fingerprint density at radius 3 is 2.67 bits per heavy atom. The molecule has 1 aromatic rings. The van der Waals surface area contributed by atoms with E-state index in [0.717, 1.165) is 0 Å². The zero-order valence-corrected chi connectivity index (χ0v) is 23.7. The lowest BCUT2D eigenvalue weighted by atomic mass is 9.62. The highest BCUT2D eigenvalue weighted by atomic mass is 35.5. The van der Waals surface area contributed by atoms with E-state index < -0.39 is 41.1 Å². The van der Waals surface area contributed by atoms with Crippen LogP contribution in [-0.2, 0) is 23.9 Å². The van der Waals surface area contributed by atoms with Crippen molar-refractivity contribution in [2.75, 3.05) is 24.7 Å². The summed E-state index contributed by atoms with van der Waals surface area (Å²) < 4.78 is 12.4. The first-order valence-electron chi connectivity index (χ1n) is 13.7. The van der Waals surface area contributed by atoms with E-state index in [1.807, 2.05) is 20.8 Å². The van der Waals surface area contributed by atoms with Crippen molar-refractivity contribution in [2.45, 2.75) is 69.7 Å². The van der Waals surface area contributed by atoms with Gasteiger partial charge in [-0.1, -0.05) is 49.7 Å². The van der Waals surface area contributed by atoms with Crippen molar-refractivity contribution in [1.29, 1.82) is 0 Å². The lowest BCUT2D eigenvalue weighted by Gasteiger charge is -2.39. The molecule has 9 heteroatoms. The molecule has 3 heterocycles. The summed E-state index contributed by atoms with van der Waals surface area (Å²) in [7, 11) is 0. The average Bonchev–Trinajstić information content (AvgIpc) is 3.43. The number of hydrogen-bond donors (Lipinski definition) is 1. The number of benzene rings is 1. The van der Waals surface area contributed by atoms with Crippen LogP contribution in [0.2, 0.25) is 5.02 Å². The maximum atomic E-state index is 14.6. The molecular weight excluding hydrogens is 520 g/mol. The number of rotatable bonds is 12. The summed E-state index contributed by atoms with van der Waals surface area (Å²) in [4.78, 5) is 45.4. The summed E-state index contributed by atoms with van der Waals surface area (Å²) in [6, 6.07) is 5.30. The van der Waals surface area contributed by atoms with Crippen LogP contribution in [0.4, 0.5) is 5.69 Å². The summed E-state index contributed by atoms with van der Waals surface area (Å²) in [5.74, 6) is -3.14. The van der Waals surface area contributed by atoms with Crippen molar-refractivity contribution in [2.24, 2.45) is 17.8 Å². The van der Waals surface area contributed by atoms with Crippen molar-refractivity contribution in [3.05, 3.63) is 54.6 Å². The number of aliphatic hydroxyl groups excluding tert-OH is 1. The first-order chi connectivity index (χ1) is 18.6. The third-order valence-electron chi connectivity index (χ3n) is 8.83. The number of fused-ring (bicyclic) bond motifs is 1. The second kappa shape index (κ2) is 11.4. The maximum absolute atomic E-state index is 14.6. The molecule has 3 saturated heterocycles. The van der Waals surface area contributed by atoms with E-state index in [2.05, 4.69) is 13.2 Å². The molecular formula is C30H39ClN2O6. The van der Waals surface area contributed by atoms with Gasteiger partial charge in [0, 0.05) is 6.54 Å². The van der Waals surface area contributed by atoms with Crippen molar-refractivity contribution < 1.29 is 29.0 Å². The Hall–Kier alpha value is -2.68. The van der Waals surface area contributed by atoms with E-state index in [9.17, 15) is 19.5 Å². The molecule has 39 heavy (non-hydrogen) atoms. The number of amides is 2. The molecule has 0 aliphatic carbocycles. The lowest BCUT2D eigenvalue weighted by molar-refractivity contribution is -0.162. The van der Waals surface area contributed by atoms with Gasteiger partial charge in [0.05, 0.1) is 41.5 Å². The first kappa shape index (κ1) is 29.3. The Morgan fingerprint density at radius 2 is 2.05 bits per heavy atom. The monoisotopic (exact) mass is 558 g/mol. The summed E-state index contributed by atoms with van der Waals surface area (Å²) in [5, 5.41) is 10.7. The second-order valence-corrected chi connectivity index (χ2v) is 11.4. The Bertz CT molecular complexity index is 1140. The minimum Gasteiger partial charge on any atom is -0.465 e. The predicted octanol–water partition coefficient (Wildman–Crippen LogP) is 4.15. The van der Waals surface area contributed by atoms with Gasteiger partial charge in [0.15, 0.2) is 0 Å². The standard InChI is InChI=1S/C30H39ClN2O6/c1-6-9-12-16-38-28(37)24-23-26(35)33(20(8-3)18-34)25(30(23)17-19(4)29(24,5)39-30)27(36)32(15-7-2)22-14-11-10-13-21(22)31/h6-7,10-11,13-14,19-20,23-25,34H,1-2,8-9,12,15-18H2,3-5H3/t19?,20-,23-,24-,25?,29+,30?/m0/s1. The highest BCUT2D eigenvalue weighted by Crippen LogP contribution is 2.65. The summed E-state index contributed by atoms with van der Waals surface area (Å²) in [6.07, 6.45) is 5.53. The van der Waals surface area contributed by atoms with E-state index in [1.165, 1.54) is 9.80 Å². The molecule has 2 amide bonds. The number of anilines is 1. The number of ether oxygens (including phenoxy) is 2. The number of aliphatic hydroxyl groups is 1. The van der Waals surface area contributed by atoms with Crippen molar-refractivity contribution in [3.63, 3.8) is 0 Å². The van der Waals surface area contributed by atoms with Crippen LogP contribution in [0.15, 0.2) is 49.6 Å². The fourth-order valence-corrected chi connectivity index (χ4v) is 7.10. The Labute approximate surface area is 235 Å². The molecule has 1 aromatic carbocycles. The Kier molecular flexibility index (Phi) is 8.59. The van der Waals surface area contributed by atoms with Crippen LogP contribution >= 0.6 is 11.6 Å². The van der Waals surface area contributed by atoms with Crippen LogP contribution in [0.3, 0.4) is 0 Å². The Morgan fingerprint density at radius 1 is 1.33 bits per heavy atom. The molecule has 0 radical (unpaired) electrons. The summed E-state index contributed by atoms with van der Waals surface area (Å²) in [5.41, 5.74) is -1.75. The fourth-order valence-electron chi connectivity index (χ4n) is 6.87.